The first-order valence-electron chi connectivity index (χ1n) is 6.36. The lowest BCUT2D eigenvalue weighted by molar-refractivity contribution is -0.137. The molecule has 0 bridgehead atoms. The number of nitrogens with two attached hydrogens (primary N) is 1. The van der Waals surface area contributed by atoms with Gasteiger partial charge in [0.05, 0.1) is 22.3 Å². The number of hydrogen-bond acceptors (Lipinski definition) is 2. The van der Waals surface area contributed by atoms with Crippen LogP contribution in [0, 0.1) is 0 Å². The molecule has 114 valence electrons. The molecule has 1 aromatic heterocycles. The number of aromatic nitrogens is 2. The summed E-state index contributed by atoms with van der Waals surface area (Å²) >= 11 is 5.84. The normalized spacial score (nSPS) is 12.0. The van der Waals surface area contributed by atoms with Crippen molar-refractivity contribution in [3.8, 4) is 11.4 Å². The van der Waals surface area contributed by atoms with Crippen molar-refractivity contribution in [2.24, 2.45) is 7.05 Å². The number of hydrogen-bond donors (Lipinski definition) is 1. The fraction of sp³-hybridized carbons (Fsp3) is 0.133. The number of anilines is 1. The molecule has 0 atom stereocenters. The van der Waals surface area contributed by atoms with E-state index in [9.17, 15) is 13.2 Å². The van der Waals surface area contributed by atoms with Crippen LogP contribution in [0.2, 0.25) is 5.02 Å². The third kappa shape index (κ3) is 2.39. The minimum absolute atomic E-state index is 0.0417. The molecule has 2 aromatic carbocycles. The third-order valence-corrected chi connectivity index (χ3v) is 3.68. The van der Waals surface area contributed by atoms with Gasteiger partial charge in [0.25, 0.3) is 0 Å². The molecular formula is C15H11ClF3N3. The molecule has 3 nitrogen and oxygen atoms in total. The lowest BCUT2D eigenvalue weighted by Crippen LogP contribution is -2.06. The molecule has 0 spiro atoms. The average molecular weight is 326 g/mol. The van der Waals surface area contributed by atoms with Gasteiger partial charge in [-0.05, 0) is 36.4 Å². The summed E-state index contributed by atoms with van der Waals surface area (Å²) in [5.74, 6) is 0.526. The zero-order valence-electron chi connectivity index (χ0n) is 11.4. The summed E-state index contributed by atoms with van der Waals surface area (Å²) in [6.45, 7) is 0. The highest BCUT2D eigenvalue weighted by atomic mass is 35.5. The largest absolute Gasteiger partial charge is 0.416 e. The van der Waals surface area contributed by atoms with Crippen LogP contribution in [0.5, 0.6) is 0 Å². The van der Waals surface area contributed by atoms with Crippen LogP contribution in [-0.2, 0) is 13.2 Å². The van der Waals surface area contributed by atoms with E-state index >= 15 is 0 Å². The predicted octanol–water partition coefficient (Wildman–Crippen LogP) is 4.49. The number of imidazole rings is 1. The predicted molar refractivity (Wildman–Crippen MR) is 80.6 cm³/mol. The number of rotatable bonds is 1. The molecule has 3 rings (SSSR count). The first kappa shape index (κ1) is 14.7. The third-order valence-electron chi connectivity index (χ3n) is 3.43. The second-order valence-electron chi connectivity index (χ2n) is 4.93. The second kappa shape index (κ2) is 4.91. The molecule has 1 heterocycles. The topological polar surface area (TPSA) is 43.8 Å². The van der Waals surface area contributed by atoms with Crippen LogP contribution in [0.1, 0.15) is 5.56 Å². The molecule has 0 saturated heterocycles. The molecule has 0 aliphatic rings. The standard InChI is InChI=1S/C15H11ClF3N3/c1-22-13-11(20)6-9(15(17,18)19)7-12(13)21-14(22)8-2-4-10(16)5-3-8/h2-7H,20H2,1H3. The number of nitrogens with zero attached hydrogens (tertiary/aromatic N) is 2. The summed E-state index contributed by atoms with van der Waals surface area (Å²) in [6.07, 6.45) is -4.46. The average Bonchev–Trinajstić information content (AvgIpc) is 2.76. The number of benzene rings is 2. The van der Waals surface area contributed by atoms with Crippen molar-refractivity contribution in [2.45, 2.75) is 6.18 Å². The Bertz CT molecular complexity index is 851. The summed E-state index contributed by atoms with van der Waals surface area (Å²) in [6, 6.07) is 8.83. The van der Waals surface area contributed by atoms with Crippen molar-refractivity contribution < 1.29 is 13.2 Å². The molecule has 0 unspecified atom stereocenters. The van der Waals surface area contributed by atoms with E-state index in [-0.39, 0.29) is 11.2 Å². The van der Waals surface area contributed by atoms with E-state index in [4.69, 9.17) is 17.3 Å². The molecule has 0 aliphatic heterocycles. The number of alkyl halides is 3. The maximum atomic E-state index is 12.9. The van der Waals surface area contributed by atoms with Crippen LogP contribution in [0.25, 0.3) is 22.4 Å². The second-order valence-corrected chi connectivity index (χ2v) is 5.37. The lowest BCUT2D eigenvalue weighted by Gasteiger charge is -2.08. The molecule has 7 heteroatoms. The molecule has 0 saturated carbocycles. The Kier molecular flexibility index (Phi) is 3.29. The number of halogens is 4. The van der Waals surface area contributed by atoms with Crippen molar-refractivity contribution >= 4 is 28.3 Å². The van der Waals surface area contributed by atoms with Crippen LogP contribution >= 0.6 is 11.6 Å². The highest BCUT2D eigenvalue weighted by molar-refractivity contribution is 6.30. The molecule has 0 aliphatic carbocycles. The Morgan fingerprint density at radius 2 is 1.77 bits per heavy atom. The van der Waals surface area contributed by atoms with Crippen LogP contribution < -0.4 is 5.73 Å². The van der Waals surface area contributed by atoms with Crippen LogP contribution in [-0.4, -0.2) is 9.55 Å². The van der Waals surface area contributed by atoms with Gasteiger partial charge in [-0.25, -0.2) is 4.98 Å². The molecule has 22 heavy (non-hydrogen) atoms. The summed E-state index contributed by atoms with van der Waals surface area (Å²) in [4.78, 5) is 4.29. The van der Waals surface area contributed by atoms with Crippen molar-refractivity contribution in [1.29, 1.82) is 0 Å². The Labute approximate surface area is 129 Å². The van der Waals surface area contributed by atoms with Crippen LogP contribution in [0.3, 0.4) is 0 Å². The van der Waals surface area contributed by atoms with Gasteiger partial charge in [-0.1, -0.05) is 11.6 Å². The van der Waals surface area contributed by atoms with Gasteiger partial charge in [0, 0.05) is 17.6 Å². The summed E-state index contributed by atoms with van der Waals surface area (Å²) < 4.78 is 40.3. The summed E-state index contributed by atoms with van der Waals surface area (Å²) in [5.41, 5.74) is 6.45. The Balaban J connectivity index is 2.24. The Morgan fingerprint density at radius 1 is 1.14 bits per heavy atom. The maximum absolute atomic E-state index is 12.9. The molecule has 2 N–H and O–H groups in total. The smallest absolute Gasteiger partial charge is 0.397 e. The van der Waals surface area contributed by atoms with E-state index in [1.165, 1.54) is 0 Å². The number of nitrogen functional groups attached to an aromatic ring is 1. The molecular weight excluding hydrogens is 315 g/mol. The lowest BCUT2D eigenvalue weighted by atomic mass is 10.1. The van der Waals surface area contributed by atoms with E-state index < -0.39 is 11.7 Å². The molecule has 0 fully saturated rings. The maximum Gasteiger partial charge on any atom is 0.416 e. The van der Waals surface area contributed by atoms with E-state index in [0.717, 1.165) is 17.7 Å². The number of aryl methyl sites for hydroxylation is 1. The van der Waals surface area contributed by atoms with E-state index in [1.807, 2.05) is 0 Å². The zero-order chi connectivity index (χ0) is 16.1. The quantitative estimate of drug-likeness (QED) is 0.670. The Morgan fingerprint density at radius 3 is 2.36 bits per heavy atom. The number of fused-ring (bicyclic) bond motifs is 1. The van der Waals surface area contributed by atoms with Gasteiger partial charge in [-0.3, -0.25) is 0 Å². The molecule has 3 aromatic rings. The minimum atomic E-state index is -4.46. The van der Waals surface area contributed by atoms with Crippen LogP contribution in [0.4, 0.5) is 18.9 Å². The fourth-order valence-corrected chi connectivity index (χ4v) is 2.53. The van der Waals surface area contributed by atoms with Crippen molar-refractivity contribution in [3.05, 3.63) is 47.0 Å². The van der Waals surface area contributed by atoms with Crippen molar-refractivity contribution in [3.63, 3.8) is 0 Å². The SMILES string of the molecule is Cn1c(-c2ccc(Cl)cc2)nc2cc(C(F)(F)F)cc(N)c21. The van der Waals surface area contributed by atoms with Gasteiger partial charge in [0.2, 0.25) is 0 Å². The van der Waals surface area contributed by atoms with Crippen LogP contribution in [0.15, 0.2) is 36.4 Å². The minimum Gasteiger partial charge on any atom is -0.397 e. The zero-order valence-corrected chi connectivity index (χ0v) is 12.2. The highest BCUT2D eigenvalue weighted by Gasteiger charge is 2.32. The van der Waals surface area contributed by atoms with Gasteiger partial charge in [0.1, 0.15) is 5.82 Å². The van der Waals surface area contributed by atoms with Crippen molar-refractivity contribution in [1.82, 2.24) is 9.55 Å². The van der Waals surface area contributed by atoms with Gasteiger partial charge in [-0.15, -0.1) is 0 Å². The summed E-state index contributed by atoms with van der Waals surface area (Å²) in [5, 5.41) is 0.571. The first-order valence-corrected chi connectivity index (χ1v) is 6.74. The van der Waals surface area contributed by atoms with E-state index in [2.05, 4.69) is 4.98 Å². The van der Waals surface area contributed by atoms with Gasteiger partial charge in [0.15, 0.2) is 0 Å². The molecule has 0 radical (unpaired) electrons. The van der Waals surface area contributed by atoms with Gasteiger partial charge in [-0.2, -0.15) is 13.2 Å². The fourth-order valence-electron chi connectivity index (χ4n) is 2.41. The first-order chi connectivity index (χ1) is 10.3. The Hall–Kier alpha value is -2.21. The molecule has 0 amide bonds. The van der Waals surface area contributed by atoms with Gasteiger partial charge >= 0.3 is 6.18 Å². The van der Waals surface area contributed by atoms with E-state index in [0.29, 0.717) is 16.4 Å². The summed E-state index contributed by atoms with van der Waals surface area (Å²) in [7, 11) is 1.71. The van der Waals surface area contributed by atoms with Gasteiger partial charge < -0.3 is 10.3 Å². The van der Waals surface area contributed by atoms with E-state index in [1.54, 1.807) is 35.9 Å². The highest BCUT2D eigenvalue weighted by Crippen LogP contribution is 2.35. The monoisotopic (exact) mass is 325 g/mol. The van der Waals surface area contributed by atoms with Crippen molar-refractivity contribution in [2.75, 3.05) is 5.73 Å².